The molecule has 1 saturated heterocycles. The standard InChI is InChI=1S/C15H21NO4/c1-16-6-4-11(5-7-16)20-15(19)13-10-3-2-9(8-10)12(13)14(17)18/h2-3,9-13H,4-8H2,1H3,(H,17,18)/t9-,10+,12-,13+/m0/s1. The lowest BCUT2D eigenvalue weighted by Gasteiger charge is -2.31. The quantitative estimate of drug-likeness (QED) is 0.620. The van der Waals surface area contributed by atoms with Crippen LogP contribution < -0.4 is 0 Å². The number of hydrogen-bond donors (Lipinski definition) is 1. The van der Waals surface area contributed by atoms with Gasteiger partial charge in [-0.05, 0) is 38.1 Å². The fourth-order valence-electron chi connectivity index (χ4n) is 3.83. The number of ether oxygens (including phenoxy) is 1. The van der Waals surface area contributed by atoms with Crippen LogP contribution in [0.5, 0.6) is 0 Å². The van der Waals surface area contributed by atoms with Crippen LogP contribution in [0.15, 0.2) is 12.2 Å². The topological polar surface area (TPSA) is 66.8 Å². The third-order valence-electron chi connectivity index (χ3n) is 4.96. The zero-order valence-corrected chi connectivity index (χ0v) is 11.7. The molecule has 2 fully saturated rings. The Hall–Kier alpha value is -1.36. The molecular formula is C15H21NO4. The normalized spacial score (nSPS) is 37.2. The van der Waals surface area contributed by atoms with Gasteiger partial charge in [-0.25, -0.2) is 0 Å². The highest BCUT2D eigenvalue weighted by Gasteiger charge is 2.52. The summed E-state index contributed by atoms with van der Waals surface area (Å²) in [7, 11) is 2.05. The van der Waals surface area contributed by atoms with Crippen molar-refractivity contribution in [2.75, 3.05) is 20.1 Å². The molecule has 0 aromatic heterocycles. The molecule has 1 saturated carbocycles. The second kappa shape index (κ2) is 5.20. The first-order valence-electron chi connectivity index (χ1n) is 7.36. The zero-order chi connectivity index (χ0) is 14.3. The van der Waals surface area contributed by atoms with Crippen molar-refractivity contribution < 1.29 is 19.4 Å². The Bertz CT molecular complexity index is 439. The number of nitrogens with zero attached hydrogens (tertiary/aromatic N) is 1. The summed E-state index contributed by atoms with van der Waals surface area (Å²) in [5.74, 6) is -2.19. The minimum atomic E-state index is -0.868. The maximum Gasteiger partial charge on any atom is 0.310 e. The molecule has 3 aliphatic rings. The summed E-state index contributed by atoms with van der Waals surface area (Å²) in [5.41, 5.74) is 0. The predicted molar refractivity (Wildman–Crippen MR) is 72.0 cm³/mol. The minimum Gasteiger partial charge on any atom is -0.481 e. The molecule has 0 aromatic carbocycles. The van der Waals surface area contributed by atoms with E-state index in [1.807, 2.05) is 12.2 Å². The van der Waals surface area contributed by atoms with Gasteiger partial charge < -0.3 is 14.7 Å². The Labute approximate surface area is 118 Å². The smallest absolute Gasteiger partial charge is 0.310 e. The monoisotopic (exact) mass is 279 g/mol. The highest BCUT2D eigenvalue weighted by molar-refractivity contribution is 5.83. The van der Waals surface area contributed by atoms with Gasteiger partial charge in [-0.1, -0.05) is 12.2 Å². The van der Waals surface area contributed by atoms with Gasteiger partial charge in [-0.3, -0.25) is 9.59 Å². The lowest BCUT2D eigenvalue weighted by atomic mass is 9.83. The van der Waals surface area contributed by atoms with E-state index < -0.39 is 17.8 Å². The van der Waals surface area contributed by atoms with Crippen LogP contribution in [0.1, 0.15) is 19.3 Å². The number of carboxylic acid groups (broad SMARTS) is 1. The van der Waals surface area contributed by atoms with Crippen LogP contribution in [-0.4, -0.2) is 48.2 Å². The first-order valence-corrected chi connectivity index (χ1v) is 7.36. The third kappa shape index (κ3) is 2.35. The van der Waals surface area contributed by atoms with Gasteiger partial charge in [-0.15, -0.1) is 0 Å². The molecule has 0 unspecified atom stereocenters. The van der Waals surface area contributed by atoms with E-state index in [0.29, 0.717) is 0 Å². The second-order valence-corrected chi connectivity index (χ2v) is 6.28. The van der Waals surface area contributed by atoms with E-state index in [4.69, 9.17) is 4.74 Å². The van der Waals surface area contributed by atoms with Gasteiger partial charge in [0.15, 0.2) is 0 Å². The minimum absolute atomic E-state index is 0.00698. The number of esters is 1. The molecule has 1 N–H and O–H groups in total. The Balaban J connectivity index is 1.64. The number of carbonyl (C=O) groups excluding carboxylic acids is 1. The van der Waals surface area contributed by atoms with Gasteiger partial charge >= 0.3 is 11.9 Å². The Kier molecular flexibility index (Phi) is 3.54. The van der Waals surface area contributed by atoms with E-state index in [9.17, 15) is 14.7 Å². The zero-order valence-electron chi connectivity index (χ0n) is 11.7. The largest absolute Gasteiger partial charge is 0.481 e. The number of fused-ring (bicyclic) bond motifs is 2. The highest BCUT2D eigenvalue weighted by atomic mass is 16.5. The summed E-state index contributed by atoms with van der Waals surface area (Å²) in [6.45, 7) is 1.86. The van der Waals surface area contributed by atoms with Crippen molar-refractivity contribution in [1.82, 2.24) is 4.90 Å². The predicted octanol–water partition coefficient (Wildman–Crippen LogP) is 1.15. The molecule has 3 rings (SSSR count). The Morgan fingerprint density at radius 2 is 1.75 bits per heavy atom. The van der Waals surface area contributed by atoms with E-state index in [0.717, 1.165) is 32.4 Å². The number of likely N-dealkylation sites (tertiary alicyclic amines) is 1. The number of hydrogen-bond acceptors (Lipinski definition) is 4. The molecular weight excluding hydrogens is 258 g/mol. The van der Waals surface area contributed by atoms with Gasteiger partial charge in [0.05, 0.1) is 11.8 Å². The molecule has 0 radical (unpaired) electrons. The van der Waals surface area contributed by atoms with Gasteiger partial charge in [0.2, 0.25) is 0 Å². The molecule has 0 spiro atoms. The number of aliphatic carboxylic acids is 1. The highest BCUT2D eigenvalue weighted by Crippen LogP contribution is 2.48. The maximum atomic E-state index is 12.4. The number of carboxylic acids is 1. The van der Waals surface area contributed by atoms with E-state index in [1.54, 1.807) is 0 Å². The first kappa shape index (κ1) is 13.6. The van der Waals surface area contributed by atoms with Gasteiger partial charge in [0.25, 0.3) is 0 Å². The lowest BCUT2D eigenvalue weighted by Crippen LogP contribution is -2.39. The van der Waals surface area contributed by atoms with Crippen LogP contribution >= 0.6 is 0 Å². The lowest BCUT2D eigenvalue weighted by molar-refractivity contribution is -0.164. The average molecular weight is 279 g/mol. The molecule has 5 nitrogen and oxygen atoms in total. The summed E-state index contributed by atoms with van der Waals surface area (Å²) < 4.78 is 5.59. The summed E-state index contributed by atoms with van der Waals surface area (Å²) in [5, 5.41) is 9.35. The SMILES string of the molecule is CN1CCC(OC(=O)[C@H]2[C@@H](C(=O)O)[C@H]3C=C[C@@H]2C3)CC1. The van der Waals surface area contributed by atoms with Crippen LogP contribution in [-0.2, 0) is 14.3 Å². The molecule has 2 bridgehead atoms. The maximum absolute atomic E-state index is 12.4. The van der Waals surface area contributed by atoms with Crippen LogP contribution in [0.25, 0.3) is 0 Å². The molecule has 1 aliphatic heterocycles. The van der Waals surface area contributed by atoms with E-state index in [1.165, 1.54) is 0 Å². The van der Waals surface area contributed by atoms with E-state index in [-0.39, 0.29) is 23.9 Å². The van der Waals surface area contributed by atoms with Gasteiger partial charge in [0, 0.05) is 13.1 Å². The average Bonchev–Trinajstić information content (AvgIpc) is 3.01. The Morgan fingerprint density at radius 1 is 1.15 bits per heavy atom. The molecule has 20 heavy (non-hydrogen) atoms. The summed E-state index contributed by atoms with van der Waals surface area (Å²) in [6.07, 6.45) is 6.36. The first-order chi connectivity index (χ1) is 9.56. The van der Waals surface area contributed by atoms with Crippen LogP contribution in [0.4, 0.5) is 0 Å². The summed E-state index contributed by atoms with van der Waals surface area (Å²) in [6, 6.07) is 0. The van der Waals surface area contributed by atoms with Crippen molar-refractivity contribution in [3.8, 4) is 0 Å². The molecule has 1 heterocycles. The molecule has 4 atom stereocenters. The second-order valence-electron chi connectivity index (χ2n) is 6.28. The number of piperidine rings is 1. The summed E-state index contributed by atoms with van der Waals surface area (Å²) in [4.78, 5) is 26.0. The van der Waals surface area contributed by atoms with Crippen LogP contribution in [0, 0.1) is 23.7 Å². The molecule has 2 aliphatic carbocycles. The van der Waals surface area contributed by atoms with Gasteiger partial charge in [0.1, 0.15) is 6.10 Å². The fraction of sp³-hybridized carbons (Fsp3) is 0.733. The number of rotatable bonds is 3. The van der Waals surface area contributed by atoms with Crippen molar-refractivity contribution in [1.29, 1.82) is 0 Å². The Morgan fingerprint density at radius 3 is 2.35 bits per heavy atom. The molecule has 5 heteroatoms. The molecule has 0 aromatic rings. The van der Waals surface area contributed by atoms with E-state index >= 15 is 0 Å². The van der Waals surface area contributed by atoms with Crippen LogP contribution in [0.3, 0.4) is 0 Å². The van der Waals surface area contributed by atoms with Crippen molar-refractivity contribution >= 4 is 11.9 Å². The molecule has 0 amide bonds. The number of allylic oxidation sites excluding steroid dienone is 2. The fourth-order valence-corrected chi connectivity index (χ4v) is 3.83. The van der Waals surface area contributed by atoms with E-state index in [2.05, 4.69) is 11.9 Å². The van der Waals surface area contributed by atoms with Crippen molar-refractivity contribution in [3.63, 3.8) is 0 Å². The van der Waals surface area contributed by atoms with Crippen molar-refractivity contribution in [2.45, 2.75) is 25.4 Å². The summed E-state index contributed by atoms with van der Waals surface area (Å²) >= 11 is 0. The van der Waals surface area contributed by atoms with Crippen molar-refractivity contribution in [3.05, 3.63) is 12.2 Å². The van der Waals surface area contributed by atoms with Gasteiger partial charge in [-0.2, -0.15) is 0 Å². The van der Waals surface area contributed by atoms with Crippen LogP contribution in [0.2, 0.25) is 0 Å². The van der Waals surface area contributed by atoms with Crippen molar-refractivity contribution in [2.24, 2.45) is 23.7 Å². The number of carbonyl (C=O) groups is 2. The third-order valence-corrected chi connectivity index (χ3v) is 4.96. The molecule has 110 valence electrons.